The Morgan fingerprint density at radius 1 is 0.577 bits per heavy atom. The monoisotopic (exact) mass is 344 g/mol. The Bertz CT molecular complexity index is 853. The first-order valence-corrected chi connectivity index (χ1v) is 9.40. The summed E-state index contributed by atoms with van der Waals surface area (Å²) in [7, 11) is 0. The van der Waals surface area contributed by atoms with Gasteiger partial charge in [0.25, 0.3) is 0 Å². The van der Waals surface area contributed by atoms with Gasteiger partial charge in [0.15, 0.2) is 0 Å². The quantitative estimate of drug-likeness (QED) is 0.598. The molecule has 2 aromatic carbocycles. The fraction of sp³-hybridized carbons (Fsp3) is 0.333. The Labute approximate surface area is 157 Å². The second-order valence-corrected chi connectivity index (χ2v) is 8.62. The highest BCUT2D eigenvalue weighted by Crippen LogP contribution is 2.47. The average Bonchev–Trinajstić information content (AvgIpc) is 2.56. The van der Waals surface area contributed by atoms with Crippen LogP contribution in [-0.4, -0.2) is 11.1 Å². The molecule has 0 amide bonds. The minimum atomic E-state index is -0.123. The molecule has 0 saturated heterocycles. The molecule has 0 fully saturated rings. The van der Waals surface area contributed by atoms with Gasteiger partial charge in [-0.1, -0.05) is 48.6 Å². The number of anilines is 2. The maximum Gasteiger partial charge on any atom is 0.0744 e. The topological polar surface area (TPSA) is 6.48 Å². The smallest absolute Gasteiger partial charge is 0.0744 e. The highest BCUT2D eigenvalue weighted by atomic mass is 15.7. The van der Waals surface area contributed by atoms with Crippen molar-refractivity contribution in [2.75, 3.05) is 10.0 Å². The summed E-state index contributed by atoms with van der Waals surface area (Å²) in [5.74, 6) is 0. The zero-order valence-electron chi connectivity index (χ0n) is 16.7. The van der Waals surface area contributed by atoms with E-state index in [2.05, 4.69) is 112 Å². The maximum atomic E-state index is 2.48. The summed E-state index contributed by atoms with van der Waals surface area (Å²) in [6, 6.07) is 17.5. The molecule has 0 unspecified atom stereocenters. The van der Waals surface area contributed by atoms with E-state index < -0.39 is 0 Å². The number of para-hydroxylation sites is 2. The lowest BCUT2D eigenvalue weighted by Gasteiger charge is -2.56. The van der Waals surface area contributed by atoms with Gasteiger partial charge in [-0.05, 0) is 64.8 Å². The number of allylic oxidation sites excluding steroid dienone is 2. The number of nitrogens with zero attached hydrogens (tertiary/aromatic N) is 2. The number of rotatable bonds is 1. The van der Waals surface area contributed by atoms with Crippen LogP contribution in [0.25, 0.3) is 11.1 Å². The lowest BCUT2D eigenvalue weighted by atomic mass is 9.86. The summed E-state index contributed by atoms with van der Waals surface area (Å²) in [6.45, 7) is 13.6. The molecule has 0 aromatic heterocycles. The SMILES string of the molecule is CC1=CC(C)(C)N(N2c3ccccc3C(C)=CC2(C)C)c2ccccc21. The number of hydrazine groups is 1. The third kappa shape index (κ3) is 2.39. The summed E-state index contributed by atoms with van der Waals surface area (Å²) >= 11 is 0. The number of benzene rings is 2. The van der Waals surface area contributed by atoms with Gasteiger partial charge in [0.1, 0.15) is 0 Å². The fourth-order valence-electron chi connectivity index (χ4n) is 4.67. The molecule has 0 radical (unpaired) electrons. The highest BCUT2D eigenvalue weighted by molar-refractivity contribution is 5.87. The summed E-state index contributed by atoms with van der Waals surface area (Å²) < 4.78 is 0. The van der Waals surface area contributed by atoms with E-state index in [1.54, 1.807) is 0 Å². The third-order valence-electron chi connectivity index (χ3n) is 5.55. The predicted octanol–water partition coefficient (Wildman–Crippen LogP) is 6.31. The van der Waals surface area contributed by atoms with E-state index >= 15 is 0 Å². The maximum absolute atomic E-state index is 2.48. The van der Waals surface area contributed by atoms with Gasteiger partial charge in [-0.2, -0.15) is 0 Å². The molecule has 2 aromatic rings. The van der Waals surface area contributed by atoms with E-state index in [4.69, 9.17) is 0 Å². The highest BCUT2D eigenvalue weighted by Gasteiger charge is 2.43. The van der Waals surface area contributed by atoms with Crippen LogP contribution in [0.4, 0.5) is 11.4 Å². The minimum absolute atomic E-state index is 0.123. The number of hydrogen-bond donors (Lipinski definition) is 0. The second-order valence-electron chi connectivity index (χ2n) is 8.62. The molecule has 2 nitrogen and oxygen atoms in total. The summed E-state index contributed by atoms with van der Waals surface area (Å²) in [5.41, 5.74) is 7.61. The molecule has 4 rings (SSSR count). The summed E-state index contributed by atoms with van der Waals surface area (Å²) in [6.07, 6.45) is 4.78. The van der Waals surface area contributed by atoms with Crippen LogP contribution in [0.3, 0.4) is 0 Å². The molecule has 0 spiro atoms. The standard InChI is InChI=1S/C24H28N2/c1-17-15-23(3,4)25(21-13-9-7-11-19(17)21)26-22-14-10-8-12-20(22)18(2)16-24(26,5)6/h7-16H,1-6H3. The van der Waals surface area contributed by atoms with E-state index in [-0.39, 0.29) is 11.1 Å². The molecule has 0 atom stereocenters. The van der Waals surface area contributed by atoms with Crippen LogP contribution in [0.2, 0.25) is 0 Å². The van der Waals surface area contributed by atoms with E-state index in [1.165, 1.54) is 33.6 Å². The normalized spacial score (nSPS) is 20.1. The lowest BCUT2D eigenvalue weighted by Crippen LogP contribution is -2.63. The zero-order valence-corrected chi connectivity index (χ0v) is 16.7. The van der Waals surface area contributed by atoms with Gasteiger partial charge in [0.05, 0.1) is 22.5 Å². The fourth-order valence-corrected chi connectivity index (χ4v) is 4.67. The van der Waals surface area contributed by atoms with Crippen LogP contribution in [0, 0.1) is 0 Å². The van der Waals surface area contributed by atoms with Gasteiger partial charge in [0, 0.05) is 11.1 Å². The Hall–Kier alpha value is -2.48. The van der Waals surface area contributed by atoms with Crippen LogP contribution in [0.1, 0.15) is 52.7 Å². The van der Waals surface area contributed by atoms with Crippen molar-refractivity contribution in [2.45, 2.75) is 52.6 Å². The predicted molar refractivity (Wildman–Crippen MR) is 113 cm³/mol. The molecule has 0 bridgehead atoms. The van der Waals surface area contributed by atoms with E-state index in [9.17, 15) is 0 Å². The van der Waals surface area contributed by atoms with Crippen molar-refractivity contribution < 1.29 is 0 Å². The number of fused-ring (bicyclic) bond motifs is 2. The molecule has 2 aliphatic heterocycles. The van der Waals surface area contributed by atoms with Crippen LogP contribution in [0.15, 0.2) is 60.7 Å². The molecule has 0 saturated carbocycles. The van der Waals surface area contributed by atoms with Crippen molar-refractivity contribution in [1.82, 2.24) is 0 Å². The van der Waals surface area contributed by atoms with Gasteiger partial charge in [-0.3, -0.25) is 10.0 Å². The van der Waals surface area contributed by atoms with Crippen LogP contribution < -0.4 is 10.0 Å². The molecule has 134 valence electrons. The van der Waals surface area contributed by atoms with Gasteiger partial charge in [-0.15, -0.1) is 0 Å². The van der Waals surface area contributed by atoms with E-state index in [0.29, 0.717) is 0 Å². The molecule has 2 aliphatic rings. The van der Waals surface area contributed by atoms with Crippen LogP contribution in [-0.2, 0) is 0 Å². The Morgan fingerprint density at radius 3 is 1.31 bits per heavy atom. The van der Waals surface area contributed by atoms with E-state index in [1.807, 2.05) is 0 Å². The molecule has 2 heterocycles. The Kier molecular flexibility index (Phi) is 3.59. The minimum Gasteiger partial charge on any atom is -0.275 e. The first kappa shape index (κ1) is 17.0. The van der Waals surface area contributed by atoms with Crippen molar-refractivity contribution in [3.63, 3.8) is 0 Å². The summed E-state index contributed by atoms with van der Waals surface area (Å²) in [4.78, 5) is 0. The lowest BCUT2D eigenvalue weighted by molar-refractivity contribution is 0.448. The summed E-state index contributed by atoms with van der Waals surface area (Å²) in [5, 5.41) is 4.97. The molecule has 2 heteroatoms. The molecular weight excluding hydrogens is 316 g/mol. The molecule has 0 N–H and O–H groups in total. The largest absolute Gasteiger partial charge is 0.275 e. The Morgan fingerprint density at radius 2 is 0.923 bits per heavy atom. The Balaban J connectivity index is 1.99. The van der Waals surface area contributed by atoms with Crippen molar-refractivity contribution in [1.29, 1.82) is 0 Å². The molecular formula is C24H28N2. The second kappa shape index (κ2) is 5.51. The van der Waals surface area contributed by atoms with Crippen molar-refractivity contribution in [3.8, 4) is 0 Å². The average molecular weight is 345 g/mol. The van der Waals surface area contributed by atoms with Crippen LogP contribution >= 0.6 is 0 Å². The van der Waals surface area contributed by atoms with Gasteiger partial charge in [0.2, 0.25) is 0 Å². The first-order valence-electron chi connectivity index (χ1n) is 9.40. The van der Waals surface area contributed by atoms with Crippen molar-refractivity contribution in [2.24, 2.45) is 0 Å². The zero-order chi connectivity index (χ0) is 18.7. The van der Waals surface area contributed by atoms with Gasteiger partial charge in [-0.25, -0.2) is 0 Å². The molecule has 26 heavy (non-hydrogen) atoms. The first-order chi connectivity index (χ1) is 12.2. The van der Waals surface area contributed by atoms with Gasteiger partial charge < -0.3 is 0 Å². The van der Waals surface area contributed by atoms with E-state index in [0.717, 1.165) is 0 Å². The van der Waals surface area contributed by atoms with Gasteiger partial charge >= 0.3 is 0 Å². The van der Waals surface area contributed by atoms with Crippen molar-refractivity contribution >= 4 is 22.5 Å². The van der Waals surface area contributed by atoms with Crippen LogP contribution in [0.5, 0.6) is 0 Å². The number of hydrogen-bond acceptors (Lipinski definition) is 2. The molecule has 0 aliphatic carbocycles. The third-order valence-corrected chi connectivity index (χ3v) is 5.55. The van der Waals surface area contributed by atoms with Crippen molar-refractivity contribution in [3.05, 3.63) is 71.8 Å².